The monoisotopic (exact) mass is 172 g/mol. The van der Waals surface area contributed by atoms with Crippen molar-refractivity contribution in [2.45, 2.75) is 51.2 Å². The second-order valence-corrected chi connectivity index (χ2v) is 3.99. The van der Waals surface area contributed by atoms with E-state index in [-0.39, 0.29) is 18.1 Å². The lowest BCUT2D eigenvalue weighted by Gasteiger charge is -2.35. The van der Waals surface area contributed by atoms with E-state index in [1.54, 1.807) is 0 Å². The summed E-state index contributed by atoms with van der Waals surface area (Å²) in [5.74, 6) is -0.766. The summed E-state index contributed by atoms with van der Waals surface area (Å²) in [6.45, 7) is 4.03. The normalized spacial score (nSPS) is 28.3. The predicted molar refractivity (Wildman–Crippen MR) is 45.1 cm³/mol. The molecule has 0 aromatic carbocycles. The van der Waals surface area contributed by atoms with Crippen LogP contribution >= 0.6 is 0 Å². The molecule has 12 heavy (non-hydrogen) atoms. The fourth-order valence-electron chi connectivity index (χ4n) is 1.66. The van der Waals surface area contributed by atoms with Crippen LogP contribution in [0.3, 0.4) is 0 Å². The molecule has 1 fully saturated rings. The average molecular weight is 172 g/mol. The molecule has 1 saturated heterocycles. The molecular weight excluding hydrogens is 156 g/mol. The summed E-state index contributed by atoms with van der Waals surface area (Å²) in [5.41, 5.74) is -0.127. The summed E-state index contributed by atoms with van der Waals surface area (Å²) in [6.07, 6.45) is 3.05. The highest BCUT2D eigenvalue weighted by Crippen LogP contribution is 2.29. The molecule has 0 aromatic rings. The molecule has 1 unspecified atom stereocenters. The first-order chi connectivity index (χ1) is 5.49. The molecule has 1 rings (SSSR count). The zero-order valence-corrected chi connectivity index (χ0v) is 7.67. The maximum atomic E-state index is 10.4. The van der Waals surface area contributed by atoms with Gasteiger partial charge in [0.1, 0.15) is 0 Å². The van der Waals surface area contributed by atoms with Gasteiger partial charge >= 0.3 is 5.97 Å². The van der Waals surface area contributed by atoms with Crippen LogP contribution in [-0.4, -0.2) is 22.8 Å². The Hall–Kier alpha value is -0.570. The molecule has 1 N–H and O–H groups in total. The van der Waals surface area contributed by atoms with Gasteiger partial charge in [-0.25, -0.2) is 0 Å². The van der Waals surface area contributed by atoms with Crippen molar-refractivity contribution in [1.82, 2.24) is 0 Å². The van der Waals surface area contributed by atoms with Crippen LogP contribution in [0.1, 0.15) is 39.5 Å². The number of carbonyl (C=O) groups is 1. The van der Waals surface area contributed by atoms with Crippen molar-refractivity contribution in [1.29, 1.82) is 0 Å². The topological polar surface area (TPSA) is 46.5 Å². The summed E-state index contributed by atoms with van der Waals surface area (Å²) in [5, 5.41) is 8.56. The van der Waals surface area contributed by atoms with Crippen LogP contribution in [-0.2, 0) is 9.53 Å². The quantitative estimate of drug-likeness (QED) is 0.691. The van der Waals surface area contributed by atoms with Crippen molar-refractivity contribution >= 4 is 5.97 Å². The first-order valence-corrected chi connectivity index (χ1v) is 4.39. The molecule has 1 atom stereocenters. The molecule has 70 valence electrons. The lowest BCUT2D eigenvalue weighted by Crippen LogP contribution is -2.36. The summed E-state index contributed by atoms with van der Waals surface area (Å²) in [7, 11) is 0. The third-order valence-corrected chi connectivity index (χ3v) is 2.19. The highest BCUT2D eigenvalue weighted by molar-refractivity contribution is 5.67. The van der Waals surface area contributed by atoms with Crippen molar-refractivity contribution in [3.63, 3.8) is 0 Å². The lowest BCUT2D eigenvalue weighted by molar-refractivity contribution is -0.149. The predicted octanol–water partition coefficient (Wildman–Crippen LogP) is 1.81. The van der Waals surface area contributed by atoms with Gasteiger partial charge in [0.05, 0.1) is 18.1 Å². The molecule has 3 heteroatoms. The van der Waals surface area contributed by atoms with Crippen molar-refractivity contribution in [3.8, 4) is 0 Å². The van der Waals surface area contributed by atoms with Crippen LogP contribution in [0.5, 0.6) is 0 Å². The molecule has 0 radical (unpaired) electrons. The van der Waals surface area contributed by atoms with E-state index >= 15 is 0 Å². The summed E-state index contributed by atoms with van der Waals surface area (Å²) >= 11 is 0. The molecular formula is C9H16O3. The van der Waals surface area contributed by atoms with Gasteiger partial charge in [0.2, 0.25) is 0 Å². The number of rotatable bonds is 2. The Labute approximate surface area is 72.7 Å². The van der Waals surface area contributed by atoms with E-state index in [0.29, 0.717) is 0 Å². The van der Waals surface area contributed by atoms with E-state index in [0.717, 1.165) is 19.3 Å². The van der Waals surface area contributed by atoms with Gasteiger partial charge < -0.3 is 9.84 Å². The maximum Gasteiger partial charge on any atom is 0.305 e. The molecule has 0 amide bonds. The molecule has 0 bridgehead atoms. The highest BCUT2D eigenvalue weighted by atomic mass is 16.5. The second-order valence-electron chi connectivity index (χ2n) is 3.99. The molecule has 1 aliphatic heterocycles. The summed E-state index contributed by atoms with van der Waals surface area (Å²) < 4.78 is 5.60. The molecule has 3 nitrogen and oxygen atoms in total. The SMILES string of the molecule is CC1(C)CCCC(CC(=O)O)O1. The van der Waals surface area contributed by atoms with Crippen LogP contribution < -0.4 is 0 Å². The smallest absolute Gasteiger partial charge is 0.305 e. The van der Waals surface area contributed by atoms with Crippen LogP contribution in [0.4, 0.5) is 0 Å². The van der Waals surface area contributed by atoms with Gasteiger partial charge in [0, 0.05) is 0 Å². The number of ether oxygens (including phenoxy) is 1. The fraction of sp³-hybridized carbons (Fsp3) is 0.889. The fourth-order valence-corrected chi connectivity index (χ4v) is 1.66. The van der Waals surface area contributed by atoms with Crippen LogP contribution in [0, 0.1) is 0 Å². The second kappa shape index (κ2) is 3.44. The third kappa shape index (κ3) is 2.81. The van der Waals surface area contributed by atoms with E-state index in [1.165, 1.54) is 0 Å². The van der Waals surface area contributed by atoms with Gasteiger partial charge in [-0.15, -0.1) is 0 Å². The van der Waals surface area contributed by atoms with E-state index in [4.69, 9.17) is 9.84 Å². The molecule has 0 aliphatic carbocycles. The minimum Gasteiger partial charge on any atom is -0.481 e. The zero-order valence-electron chi connectivity index (χ0n) is 7.67. The molecule has 1 heterocycles. The molecule has 0 aromatic heterocycles. The Kier molecular flexibility index (Phi) is 2.73. The van der Waals surface area contributed by atoms with Crippen molar-refractivity contribution in [2.24, 2.45) is 0 Å². The highest BCUT2D eigenvalue weighted by Gasteiger charge is 2.29. The first kappa shape index (κ1) is 9.52. The Morgan fingerprint density at radius 2 is 2.33 bits per heavy atom. The Morgan fingerprint density at radius 1 is 1.67 bits per heavy atom. The van der Waals surface area contributed by atoms with Crippen molar-refractivity contribution < 1.29 is 14.6 Å². The lowest BCUT2D eigenvalue weighted by atomic mass is 9.94. The van der Waals surface area contributed by atoms with E-state index in [2.05, 4.69) is 0 Å². The summed E-state index contributed by atoms with van der Waals surface area (Å²) in [4.78, 5) is 10.4. The number of hydrogen-bond donors (Lipinski definition) is 1. The van der Waals surface area contributed by atoms with E-state index in [9.17, 15) is 4.79 Å². The molecule has 1 aliphatic rings. The Bertz CT molecular complexity index is 175. The van der Waals surface area contributed by atoms with Crippen molar-refractivity contribution in [2.75, 3.05) is 0 Å². The zero-order chi connectivity index (χ0) is 9.19. The van der Waals surface area contributed by atoms with Crippen LogP contribution in [0.15, 0.2) is 0 Å². The number of aliphatic carboxylic acids is 1. The number of carboxylic acids is 1. The maximum absolute atomic E-state index is 10.4. The van der Waals surface area contributed by atoms with Gasteiger partial charge in [-0.1, -0.05) is 0 Å². The number of hydrogen-bond acceptors (Lipinski definition) is 2. The standard InChI is InChI=1S/C9H16O3/c1-9(2)5-3-4-7(12-9)6-8(10)11/h7H,3-6H2,1-2H3,(H,10,11). The van der Waals surface area contributed by atoms with Crippen LogP contribution in [0.25, 0.3) is 0 Å². The minimum absolute atomic E-state index is 0.0775. The Balaban J connectivity index is 2.41. The van der Waals surface area contributed by atoms with E-state index < -0.39 is 5.97 Å². The number of carboxylic acid groups (broad SMARTS) is 1. The van der Waals surface area contributed by atoms with Gasteiger partial charge in [-0.05, 0) is 33.1 Å². The first-order valence-electron chi connectivity index (χ1n) is 4.39. The summed E-state index contributed by atoms with van der Waals surface area (Å²) in [6, 6.07) is 0. The Morgan fingerprint density at radius 3 is 2.83 bits per heavy atom. The molecule has 0 spiro atoms. The van der Waals surface area contributed by atoms with Gasteiger partial charge in [0.25, 0.3) is 0 Å². The van der Waals surface area contributed by atoms with Crippen molar-refractivity contribution in [3.05, 3.63) is 0 Å². The largest absolute Gasteiger partial charge is 0.481 e. The van der Waals surface area contributed by atoms with Gasteiger partial charge in [-0.3, -0.25) is 4.79 Å². The van der Waals surface area contributed by atoms with Crippen LogP contribution in [0.2, 0.25) is 0 Å². The minimum atomic E-state index is -0.766. The molecule has 0 saturated carbocycles. The third-order valence-electron chi connectivity index (χ3n) is 2.19. The van der Waals surface area contributed by atoms with Gasteiger partial charge in [-0.2, -0.15) is 0 Å². The van der Waals surface area contributed by atoms with E-state index in [1.807, 2.05) is 13.8 Å². The van der Waals surface area contributed by atoms with Gasteiger partial charge in [0.15, 0.2) is 0 Å². The average Bonchev–Trinajstić information content (AvgIpc) is 1.82.